The molecule has 4 aromatic carbocycles. The quantitative estimate of drug-likeness (QED) is 0.0439. The third-order valence-electron chi connectivity index (χ3n) is 15.4. The van der Waals surface area contributed by atoms with Gasteiger partial charge in [0.15, 0.2) is 0 Å². The Bertz CT molecular complexity index is 2770. The molecular weight excluding hydrogens is 1010 g/mol. The summed E-state index contributed by atoms with van der Waals surface area (Å²) < 4.78 is 81.0. The van der Waals surface area contributed by atoms with Gasteiger partial charge in [-0.3, -0.25) is 9.80 Å². The van der Waals surface area contributed by atoms with Crippen LogP contribution in [0.4, 0.5) is 8.78 Å². The van der Waals surface area contributed by atoms with Crippen molar-refractivity contribution in [3.63, 3.8) is 0 Å². The lowest BCUT2D eigenvalue weighted by atomic mass is 9.89. The van der Waals surface area contributed by atoms with Crippen LogP contribution in [0.2, 0.25) is 0 Å². The lowest BCUT2D eigenvalue weighted by Crippen LogP contribution is -2.36. The minimum atomic E-state index is -2.46. The number of ether oxygens (including phenoxy) is 4. The van der Waals surface area contributed by atoms with Gasteiger partial charge in [-0.25, -0.2) is 18.7 Å². The number of nitrogens with zero attached hydrogens (tertiary/aromatic N) is 4. The Balaban J connectivity index is 0.921. The van der Waals surface area contributed by atoms with Crippen molar-refractivity contribution in [2.45, 2.75) is 169 Å². The van der Waals surface area contributed by atoms with Crippen LogP contribution in [0.25, 0.3) is 22.3 Å². The molecule has 2 heterocycles. The summed E-state index contributed by atoms with van der Waals surface area (Å²) >= 11 is 0. The molecule has 0 saturated heterocycles. The molecule has 2 aliphatic carbocycles. The molecular formula is C64H80F2N4O7P+. The van der Waals surface area contributed by atoms with Gasteiger partial charge in [0, 0.05) is 76.9 Å². The summed E-state index contributed by atoms with van der Waals surface area (Å²) in [7, 11) is 0.601. The van der Waals surface area contributed by atoms with E-state index in [1.54, 1.807) is 12.1 Å². The largest absolute Gasteiger partial charge is 0.697 e. The number of hydrogen-bond donors (Lipinski definition) is 0. The van der Waals surface area contributed by atoms with Gasteiger partial charge in [0.05, 0.1) is 26.6 Å². The van der Waals surface area contributed by atoms with Crippen molar-refractivity contribution in [3.05, 3.63) is 154 Å². The molecule has 4 atom stereocenters. The number of aromatic nitrogens is 2. The highest BCUT2D eigenvalue weighted by Crippen LogP contribution is 2.51. The van der Waals surface area contributed by atoms with Gasteiger partial charge in [0.25, 0.3) is 0 Å². The summed E-state index contributed by atoms with van der Waals surface area (Å²) in [6, 6.07) is 32.8. The van der Waals surface area contributed by atoms with E-state index in [-0.39, 0.29) is 48.2 Å². The average molecular weight is 1090 g/mol. The minimum Gasteiger partial charge on any atom is -0.489 e. The number of pyridine rings is 2. The molecule has 2 aliphatic rings. The third kappa shape index (κ3) is 14.9. The Kier molecular flexibility index (Phi) is 19.8. The molecule has 11 nitrogen and oxygen atoms in total. The predicted octanol–water partition coefficient (Wildman–Crippen LogP) is 15.7. The standard InChI is InChI=1S/C64H80F2N4O7P/c1-39(2)69(40(3)4)35-51-27-45(19-25-55(51)57-31-61(72-11)67-33-59(57)65)37-74-53-17-13-15-49(29-53)63(47-21-22-47)43(9)76-78(71)77-44(10)64(48-23-24-48)50-16-14-18-54(30-50)75-38-46-20-26-56(58-32-62(73-12)68-34-60(58)66)52(28-46)36-70(41(5)6)42(7)8/h13-20,25-34,39-44,47-48,63-64H,21-24,35-38H2,1-12H3/q+1. The Hall–Kier alpha value is -5.82. The second-order valence-electron chi connectivity index (χ2n) is 22.4. The fourth-order valence-electron chi connectivity index (χ4n) is 11.2. The SMILES string of the molecule is COc1cc(-c2ccc(COc3cccc(C(C4CC4)C(C)O[P+](=O)OC(C)C(c4cccc(OCc5ccc(-c6cc(OC)ncc6F)c(CN(C(C)C)C(C)C)c5)c4)C4CC4)c3)cc2CN(C(C)C)C(C)C)c(F)cn1. The van der Waals surface area contributed by atoms with E-state index in [9.17, 15) is 4.57 Å². The lowest BCUT2D eigenvalue weighted by molar-refractivity contribution is 0.110. The maximum atomic E-state index is 15.4. The highest BCUT2D eigenvalue weighted by molar-refractivity contribution is 7.33. The molecule has 78 heavy (non-hydrogen) atoms. The molecule has 0 amide bonds. The van der Waals surface area contributed by atoms with Crippen LogP contribution < -0.4 is 18.9 Å². The van der Waals surface area contributed by atoms with Gasteiger partial charge in [-0.05, 0) is 176 Å². The normalized spacial score (nSPS) is 15.6. The summed E-state index contributed by atoms with van der Waals surface area (Å²) in [5.74, 6) is 2.10. The van der Waals surface area contributed by atoms with Crippen molar-refractivity contribution in [1.82, 2.24) is 19.8 Å². The second kappa shape index (κ2) is 26.4. The second-order valence-corrected chi connectivity index (χ2v) is 23.3. The number of rotatable bonds is 28. The molecule has 2 fully saturated rings. The monoisotopic (exact) mass is 1090 g/mol. The van der Waals surface area contributed by atoms with Crippen LogP contribution in [0.5, 0.6) is 23.3 Å². The van der Waals surface area contributed by atoms with Crippen LogP contribution in [0, 0.1) is 23.5 Å². The number of methoxy groups -OCH3 is 2. The van der Waals surface area contributed by atoms with E-state index in [1.165, 1.54) is 26.6 Å². The van der Waals surface area contributed by atoms with Crippen molar-refractivity contribution in [1.29, 1.82) is 0 Å². The molecule has 4 unspecified atom stereocenters. The highest BCUT2D eigenvalue weighted by Gasteiger charge is 2.44. The predicted molar refractivity (Wildman–Crippen MR) is 305 cm³/mol. The van der Waals surface area contributed by atoms with Gasteiger partial charge in [-0.15, -0.1) is 9.05 Å². The van der Waals surface area contributed by atoms with Gasteiger partial charge in [-0.2, -0.15) is 0 Å². The van der Waals surface area contributed by atoms with E-state index in [1.807, 2.05) is 62.4 Å². The summed E-state index contributed by atoms with van der Waals surface area (Å²) in [6.45, 7) is 23.3. The lowest BCUT2D eigenvalue weighted by Gasteiger charge is -2.31. The maximum absolute atomic E-state index is 15.4. The van der Waals surface area contributed by atoms with Crippen molar-refractivity contribution in [3.8, 4) is 45.5 Å². The van der Waals surface area contributed by atoms with E-state index < -0.39 is 19.9 Å². The number of benzene rings is 4. The first-order valence-corrected chi connectivity index (χ1v) is 28.9. The first-order valence-electron chi connectivity index (χ1n) is 27.8. The van der Waals surface area contributed by atoms with Gasteiger partial charge in [0.1, 0.15) is 48.6 Å². The zero-order valence-electron chi connectivity index (χ0n) is 47.7. The molecule has 416 valence electrons. The van der Waals surface area contributed by atoms with Crippen LogP contribution in [0.3, 0.4) is 0 Å². The molecule has 14 heteroatoms. The third-order valence-corrected chi connectivity index (χ3v) is 16.4. The summed E-state index contributed by atoms with van der Waals surface area (Å²) in [6.07, 6.45) is 5.90. The summed E-state index contributed by atoms with van der Waals surface area (Å²) in [5.41, 5.74) is 8.49. The smallest absolute Gasteiger partial charge is 0.489 e. The van der Waals surface area contributed by atoms with Crippen LogP contribution >= 0.6 is 8.25 Å². The fourth-order valence-corrected chi connectivity index (χ4v) is 12.1. The maximum Gasteiger partial charge on any atom is 0.697 e. The van der Waals surface area contributed by atoms with Crippen LogP contribution in [0.15, 0.2) is 109 Å². The Labute approximate surface area is 463 Å². The first-order chi connectivity index (χ1) is 37.4. The summed E-state index contributed by atoms with van der Waals surface area (Å²) in [5, 5.41) is 0. The number of hydrogen-bond acceptors (Lipinski definition) is 11. The van der Waals surface area contributed by atoms with Crippen molar-refractivity contribution in [2.75, 3.05) is 14.2 Å². The van der Waals surface area contributed by atoms with Gasteiger partial charge >= 0.3 is 8.25 Å². The first kappa shape index (κ1) is 58.3. The van der Waals surface area contributed by atoms with Crippen LogP contribution in [0.1, 0.15) is 140 Å². The van der Waals surface area contributed by atoms with Crippen molar-refractivity contribution < 1.29 is 41.3 Å². The Morgan fingerprint density at radius 2 is 0.910 bits per heavy atom. The molecule has 0 bridgehead atoms. The van der Waals surface area contributed by atoms with Gasteiger partial charge < -0.3 is 18.9 Å². The molecule has 8 rings (SSSR count). The highest BCUT2D eigenvalue weighted by atomic mass is 31.1. The molecule has 0 spiro atoms. The van der Waals surface area contributed by atoms with Gasteiger partial charge in [0.2, 0.25) is 11.8 Å². The molecule has 0 radical (unpaired) electrons. The van der Waals surface area contributed by atoms with Gasteiger partial charge in [-0.1, -0.05) is 60.7 Å². The molecule has 2 saturated carbocycles. The fraction of sp³-hybridized carbons (Fsp3) is 0.469. The molecule has 6 aromatic rings. The van der Waals surface area contributed by atoms with E-state index in [4.69, 9.17) is 28.0 Å². The minimum absolute atomic E-state index is 0.00685. The summed E-state index contributed by atoms with van der Waals surface area (Å²) in [4.78, 5) is 12.9. The molecule has 2 aromatic heterocycles. The van der Waals surface area contributed by atoms with E-state index in [0.717, 1.165) is 81.7 Å². The molecule has 0 aliphatic heterocycles. The van der Waals surface area contributed by atoms with E-state index in [0.29, 0.717) is 61.0 Å². The van der Waals surface area contributed by atoms with E-state index in [2.05, 4.69) is 112 Å². The number of halogens is 2. The Morgan fingerprint density at radius 1 is 0.526 bits per heavy atom. The Morgan fingerprint density at radius 3 is 1.26 bits per heavy atom. The topological polar surface area (TPSA) is 105 Å². The average Bonchev–Trinajstić information content (AvgIpc) is 4.40. The zero-order valence-corrected chi connectivity index (χ0v) is 48.6. The zero-order chi connectivity index (χ0) is 55.8. The van der Waals surface area contributed by atoms with Crippen LogP contribution in [-0.4, -0.2) is 70.4 Å². The van der Waals surface area contributed by atoms with Crippen LogP contribution in [-0.2, 0) is 39.9 Å². The molecule has 0 N–H and O–H groups in total. The van der Waals surface area contributed by atoms with Crippen molar-refractivity contribution in [2.24, 2.45) is 11.8 Å². The van der Waals surface area contributed by atoms with Crippen molar-refractivity contribution >= 4 is 8.25 Å². The van der Waals surface area contributed by atoms with E-state index >= 15 is 8.78 Å².